The van der Waals surface area contributed by atoms with Crippen LogP contribution in [0.25, 0.3) is 0 Å². The van der Waals surface area contributed by atoms with E-state index in [0.717, 1.165) is 13.0 Å². The molecule has 1 aliphatic rings. The summed E-state index contributed by atoms with van der Waals surface area (Å²) < 4.78 is 10.7. The van der Waals surface area contributed by atoms with E-state index in [0.29, 0.717) is 17.8 Å². The zero-order chi connectivity index (χ0) is 13.2. The molecule has 1 aromatic heterocycles. The smallest absolute Gasteiger partial charge is 0.228 e. The van der Waals surface area contributed by atoms with E-state index in [1.807, 2.05) is 0 Å². The van der Waals surface area contributed by atoms with Crippen molar-refractivity contribution in [1.82, 2.24) is 15.5 Å². The summed E-state index contributed by atoms with van der Waals surface area (Å²) in [6.45, 7) is 7.21. The second-order valence-electron chi connectivity index (χ2n) is 6.01. The largest absolute Gasteiger partial charge is 0.373 e. The van der Waals surface area contributed by atoms with Crippen LogP contribution in [-0.2, 0) is 11.2 Å². The minimum atomic E-state index is -0.133. The van der Waals surface area contributed by atoms with Gasteiger partial charge in [0.2, 0.25) is 11.7 Å². The molecule has 5 nitrogen and oxygen atoms in total. The monoisotopic (exact) mass is 253 g/mol. The second-order valence-corrected chi connectivity index (χ2v) is 6.01. The Bertz CT molecular complexity index is 380. The van der Waals surface area contributed by atoms with Crippen LogP contribution in [0.3, 0.4) is 0 Å². The SMILES string of the molecule is COC(c1noc(CCNC2CC2)n1)C(C)(C)C. The van der Waals surface area contributed by atoms with Crippen molar-refractivity contribution in [2.24, 2.45) is 5.41 Å². The third kappa shape index (κ3) is 3.53. The molecule has 0 aromatic carbocycles. The molecule has 0 aliphatic heterocycles. The third-order valence-corrected chi connectivity index (χ3v) is 3.09. The van der Waals surface area contributed by atoms with Crippen LogP contribution < -0.4 is 5.32 Å². The summed E-state index contributed by atoms with van der Waals surface area (Å²) in [6.07, 6.45) is 3.24. The van der Waals surface area contributed by atoms with Gasteiger partial charge < -0.3 is 14.6 Å². The molecule has 0 saturated heterocycles. The van der Waals surface area contributed by atoms with Crippen molar-refractivity contribution in [3.63, 3.8) is 0 Å². The van der Waals surface area contributed by atoms with Gasteiger partial charge in [0.1, 0.15) is 6.10 Å². The summed E-state index contributed by atoms with van der Waals surface area (Å²) in [6, 6.07) is 0.716. The molecule has 1 saturated carbocycles. The molecule has 1 N–H and O–H groups in total. The first kappa shape index (κ1) is 13.5. The van der Waals surface area contributed by atoms with E-state index in [9.17, 15) is 0 Å². The summed E-state index contributed by atoms with van der Waals surface area (Å²) in [5.74, 6) is 1.33. The summed E-state index contributed by atoms with van der Waals surface area (Å²) in [5, 5.41) is 7.46. The normalized spacial score (nSPS) is 18.0. The van der Waals surface area contributed by atoms with Crippen molar-refractivity contribution in [3.8, 4) is 0 Å². The molecule has 2 rings (SSSR count). The van der Waals surface area contributed by atoms with Crippen LogP contribution in [0.15, 0.2) is 4.52 Å². The number of ether oxygens (including phenoxy) is 1. The molecule has 0 bridgehead atoms. The minimum Gasteiger partial charge on any atom is -0.373 e. The molecule has 1 heterocycles. The number of nitrogens with one attached hydrogen (secondary N) is 1. The quantitative estimate of drug-likeness (QED) is 0.841. The minimum absolute atomic E-state index is 0.0395. The maximum absolute atomic E-state index is 5.47. The van der Waals surface area contributed by atoms with Gasteiger partial charge in [0.05, 0.1) is 0 Å². The van der Waals surface area contributed by atoms with E-state index in [-0.39, 0.29) is 11.5 Å². The predicted molar refractivity (Wildman–Crippen MR) is 68.2 cm³/mol. The third-order valence-electron chi connectivity index (χ3n) is 3.09. The Morgan fingerprint density at radius 2 is 2.17 bits per heavy atom. The molecule has 102 valence electrons. The van der Waals surface area contributed by atoms with E-state index >= 15 is 0 Å². The molecule has 1 fully saturated rings. The Morgan fingerprint density at radius 1 is 1.44 bits per heavy atom. The Hall–Kier alpha value is -0.940. The highest BCUT2D eigenvalue weighted by molar-refractivity contribution is 4.96. The van der Waals surface area contributed by atoms with Crippen LogP contribution >= 0.6 is 0 Å². The highest BCUT2D eigenvalue weighted by Gasteiger charge is 2.30. The van der Waals surface area contributed by atoms with Crippen LogP contribution in [-0.4, -0.2) is 29.8 Å². The van der Waals surface area contributed by atoms with Crippen molar-refractivity contribution in [1.29, 1.82) is 0 Å². The van der Waals surface area contributed by atoms with E-state index in [2.05, 4.69) is 36.2 Å². The lowest BCUT2D eigenvalue weighted by Gasteiger charge is -2.26. The average molecular weight is 253 g/mol. The van der Waals surface area contributed by atoms with Gasteiger partial charge in [-0.15, -0.1) is 0 Å². The van der Waals surface area contributed by atoms with Gasteiger partial charge in [-0.3, -0.25) is 0 Å². The van der Waals surface area contributed by atoms with Crippen molar-refractivity contribution in [2.75, 3.05) is 13.7 Å². The zero-order valence-electron chi connectivity index (χ0n) is 11.7. The molecule has 1 unspecified atom stereocenters. The van der Waals surface area contributed by atoms with Crippen LogP contribution in [0.2, 0.25) is 0 Å². The zero-order valence-corrected chi connectivity index (χ0v) is 11.7. The summed E-state index contributed by atoms with van der Waals surface area (Å²) in [5.41, 5.74) is -0.0395. The second kappa shape index (κ2) is 5.36. The molecule has 18 heavy (non-hydrogen) atoms. The molecule has 1 aliphatic carbocycles. The summed E-state index contributed by atoms with van der Waals surface area (Å²) >= 11 is 0. The van der Waals surface area contributed by atoms with Gasteiger partial charge >= 0.3 is 0 Å². The standard InChI is InChI=1S/C13H23N3O2/c1-13(2,3)11(17-4)12-15-10(18-16-12)7-8-14-9-5-6-9/h9,11,14H,5-8H2,1-4H3. The number of hydrogen-bond acceptors (Lipinski definition) is 5. The van der Waals surface area contributed by atoms with Crippen molar-refractivity contribution in [3.05, 3.63) is 11.7 Å². The first-order valence-electron chi connectivity index (χ1n) is 6.59. The first-order chi connectivity index (χ1) is 8.50. The van der Waals surface area contributed by atoms with Crippen molar-refractivity contribution < 1.29 is 9.26 Å². The Kier molecular flexibility index (Phi) is 4.02. The van der Waals surface area contributed by atoms with Crippen LogP contribution in [0.1, 0.15) is 51.4 Å². The summed E-state index contributed by atoms with van der Waals surface area (Å²) in [7, 11) is 1.68. The fraction of sp³-hybridized carbons (Fsp3) is 0.846. The van der Waals surface area contributed by atoms with Crippen molar-refractivity contribution >= 4 is 0 Å². The Labute approximate surface area is 108 Å². The Balaban J connectivity index is 1.90. The number of rotatable bonds is 6. The lowest BCUT2D eigenvalue weighted by atomic mass is 9.88. The highest BCUT2D eigenvalue weighted by atomic mass is 16.5. The summed E-state index contributed by atoms with van der Waals surface area (Å²) in [4.78, 5) is 4.42. The molecule has 0 spiro atoms. The topological polar surface area (TPSA) is 60.2 Å². The van der Waals surface area contributed by atoms with Gasteiger partial charge in [0.25, 0.3) is 0 Å². The van der Waals surface area contributed by atoms with Gasteiger partial charge in [0, 0.05) is 26.1 Å². The lowest BCUT2D eigenvalue weighted by molar-refractivity contribution is 0.00718. The maximum Gasteiger partial charge on any atom is 0.228 e. The number of hydrogen-bond donors (Lipinski definition) is 1. The van der Waals surface area contributed by atoms with E-state index in [1.54, 1.807) is 7.11 Å². The van der Waals surface area contributed by atoms with Crippen molar-refractivity contribution in [2.45, 2.75) is 52.2 Å². The van der Waals surface area contributed by atoms with E-state index in [1.165, 1.54) is 12.8 Å². The fourth-order valence-corrected chi connectivity index (χ4v) is 1.99. The highest BCUT2D eigenvalue weighted by Crippen LogP contribution is 2.33. The first-order valence-corrected chi connectivity index (χ1v) is 6.59. The maximum atomic E-state index is 5.47. The van der Waals surface area contributed by atoms with Crippen LogP contribution in [0, 0.1) is 5.41 Å². The number of methoxy groups -OCH3 is 1. The Morgan fingerprint density at radius 3 is 2.72 bits per heavy atom. The molecular weight excluding hydrogens is 230 g/mol. The van der Waals surface area contributed by atoms with Crippen LogP contribution in [0.4, 0.5) is 0 Å². The average Bonchev–Trinajstić information content (AvgIpc) is 2.98. The number of aromatic nitrogens is 2. The fourth-order valence-electron chi connectivity index (χ4n) is 1.99. The van der Waals surface area contributed by atoms with Gasteiger partial charge in [-0.1, -0.05) is 25.9 Å². The molecule has 0 amide bonds. The molecule has 1 aromatic rings. The predicted octanol–water partition coefficient (Wildman–Crippen LogP) is 2.10. The molecular formula is C13H23N3O2. The van der Waals surface area contributed by atoms with E-state index < -0.39 is 0 Å². The van der Waals surface area contributed by atoms with Gasteiger partial charge in [-0.05, 0) is 18.3 Å². The molecule has 0 radical (unpaired) electrons. The number of nitrogens with zero attached hydrogens (tertiary/aromatic N) is 2. The van der Waals surface area contributed by atoms with Gasteiger partial charge in [-0.25, -0.2) is 0 Å². The lowest BCUT2D eigenvalue weighted by Crippen LogP contribution is -2.21. The van der Waals surface area contributed by atoms with E-state index in [4.69, 9.17) is 9.26 Å². The van der Waals surface area contributed by atoms with Gasteiger partial charge in [-0.2, -0.15) is 4.98 Å². The van der Waals surface area contributed by atoms with Crippen LogP contribution in [0.5, 0.6) is 0 Å². The molecule has 1 atom stereocenters. The van der Waals surface area contributed by atoms with Gasteiger partial charge in [0.15, 0.2) is 0 Å². The molecule has 5 heteroatoms.